The number of piperidine rings is 1. The summed E-state index contributed by atoms with van der Waals surface area (Å²) >= 11 is 0. The third-order valence-electron chi connectivity index (χ3n) is 6.50. The Kier molecular flexibility index (Phi) is 6.71. The number of aromatic nitrogens is 3. The molecule has 0 radical (unpaired) electrons. The summed E-state index contributed by atoms with van der Waals surface area (Å²) in [6.45, 7) is 1.68. The monoisotopic (exact) mass is 488 g/mol. The number of likely N-dealkylation sites (tertiary alicyclic amines) is 1. The summed E-state index contributed by atoms with van der Waals surface area (Å²) in [6.07, 6.45) is 2.09. The lowest BCUT2D eigenvalue weighted by molar-refractivity contribution is 0.0600. The molecule has 0 bridgehead atoms. The number of nitrogens with zero attached hydrogens (tertiary/aromatic N) is 3. The van der Waals surface area contributed by atoms with Crippen LogP contribution in [-0.2, 0) is 15.9 Å². The fourth-order valence-corrected chi connectivity index (χ4v) is 4.71. The van der Waals surface area contributed by atoms with Crippen LogP contribution in [0.3, 0.4) is 0 Å². The second kappa shape index (κ2) is 10.2. The van der Waals surface area contributed by atoms with Gasteiger partial charge in [-0.1, -0.05) is 36.4 Å². The van der Waals surface area contributed by atoms with E-state index in [2.05, 4.69) is 4.98 Å². The highest BCUT2D eigenvalue weighted by Gasteiger charge is 2.25. The highest BCUT2D eigenvalue weighted by molar-refractivity contribution is 6.10. The summed E-state index contributed by atoms with van der Waals surface area (Å²) < 4.78 is 16.1. The van der Waals surface area contributed by atoms with Gasteiger partial charge < -0.3 is 24.1 Å². The zero-order valence-corrected chi connectivity index (χ0v) is 20.3. The van der Waals surface area contributed by atoms with Crippen LogP contribution in [0.25, 0.3) is 21.9 Å². The van der Waals surface area contributed by atoms with Crippen LogP contribution < -0.4 is 4.74 Å². The molecule has 1 saturated heterocycles. The van der Waals surface area contributed by atoms with Crippen LogP contribution in [-0.4, -0.2) is 65.8 Å². The van der Waals surface area contributed by atoms with Crippen molar-refractivity contribution in [1.82, 2.24) is 19.9 Å². The van der Waals surface area contributed by atoms with Gasteiger partial charge in [0.2, 0.25) is 5.88 Å². The molecule has 186 valence electrons. The predicted molar refractivity (Wildman–Crippen MR) is 134 cm³/mol. The number of hydrogen-bond donors (Lipinski definition) is 1. The van der Waals surface area contributed by atoms with Gasteiger partial charge in [-0.2, -0.15) is 4.98 Å². The first kappa shape index (κ1) is 23.6. The third-order valence-corrected chi connectivity index (χ3v) is 6.50. The largest absolute Gasteiger partial charge is 0.477 e. The Bertz CT molecular complexity index is 1400. The van der Waals surface area contributed by atoms with E-state index in [0.717, 1.165) is 34.7 Å². The van der Waals surface area contributed by atoms with E-state index < -0.39 is 5.97 Å². The van der Waals surface area contributed by atoms with Crippen LogP contribution >= 0.6 is 0 Å². The van der Waals surface area contributed by atoms with Gasteiger partial charge in [0, 0.05) is 36.3 Å². The van der Waals surface area contributed by atoms with Crippen molar-refractivity contribution in [2.45, 2.75) is 19.3 Å². The maximum absolute atomic E-state index is 12.0. The lowest BCUT2D eigenvalue weighted by Gasteiger charge is -2.31. The lowest BCUT2D eigenvalue weighted by Crippen LogP contribution is -2.41. The first-order valence-electron chi connectivity index (χ1n) is 12.0. The Labute approximate surface area is 208 Å². The van der Waals surface area contributed by atoms with Crippen LogP contribution in [0.2, 0.25) is 0 Å². The molecule has 0 spiro atoms. The van der Waals surface area contributed by atoms with Gasteiger partial charge in [-0.25, -0.2) is 14.6 Å². The molecule has 1 aliphatic rings. The van der Waals surface area contributed by atoms with Crippen molar-refractivity contribution in [3.63, 3.8) is 0 Å². The van der Waals surface area contributed by atoms with Crippen molar-refractivity contribution in [2.75, 3.05) is 33.9 Å². The van der Waals surface area contributed by atoms with Gasteiger partial charge in [0.05, 0.1) is 31.8 Å². The second-order valence-electron chi connectivity index (χ2n) is 8.94. The summed E-state index contributed by atoms with van der Waals surface area (Å²) in [5.41, 5.74) is 2.93. The molecule has 9 nitrogen and oxygen atoms in total. The van der Waals surface area contributed by atoms with Gasteiger partial charge in [-0.15, -0.1) is 0 Å². The first-order chi connectivity index (χ1) is 17.6. The Morgan fingerprint density at radius 1 is 1.08 bits per heavy atom. The number of hydrogen-bond acceptors (Lipinski definition) is 7. The van der Waals surface area contributed by atoms with Gasteiger partial charge in [-0.05, 0) is 30.5 Å². The van der Waals surface area contributed by atoms with Crippen LogP contribution in [0.1, 0.15) is 34.6 Å². The lowest BCUT2D eigenvalue weighted by atomic mass is 9.99. The highest BCUT2D eigenvalue weighted by Crippen LogP contribution is 2.33. The molecule has 36 heavy (non-hydrogen) atoms. The van der Waals surface area contributed by atoms with Crippen molar-refractivity contribution >= 4 is 34.0 Å². The van der Waals surface area contributed by atoms with E-state index in [1.807, 2.05) is 36.4 Å². The number of H-pyrrole nitrogens is 1. The van der Waals surface area contributed by atoms with E-state index in [0.29, 0.717) is 49.0 Å². The fourth-order valence-electron chi connectivity index (χ4n) is 4.71. The van der Waals surface area contributed by atoms with Crippen molar-refractivity contribution < 1.29 is 23.8 Å². The highest BCUT2D eigenvalue weighted by atomic mass is 16.5. The summed E-state index contributed by atoms with van der Waals surface area (Å²) in [7, 11) is 2.76. The van der Waals surface area contributed by atoms with E-state index >= 15 is 0 Å². The van der Waals surface area contributed by atoms with Crippen LogP contribution in [0.4, 0.5) is 4.79 Å². The zero-order chi connectivity index (χ0) is 25.1. The number of benzene rings is 2. The van der Waals surface area contributed by atoms with Crippen LogP contribution in [0.15, 0.2) is 48.5 Å². The molecule has 1 fully saturated rings. The number of carbonyl (C=O) groups excluding carboxylic acids is 2. The standard InChI is InChI=1S/C27H28N4O5/c1-34-26(32)19-10-11-20-21(14-19)28-24-23(20)25(30-22(29-24)13-17-7-4-3-5-8-17)36-16-18-9-6-12-31(15-18)27(33)35-2/h3-5,7-8,10-11,14,18H,6,9,12-13,15-16H2,1-2H3,(H,28,29,30). The number of methoxy groups -OCH3 is 2. The van der Waals surface area contributed by atoms with E-state index in [4.69, 9.17) is 24.2 Å². The number of fused-ring (bicyclic) bond motifs is 3. The molecule has 0 aliphatic carbocycles. The van der Waals surface area contributed by atoms with Crippen molar-refractivity contribution in [1.29, 1.82) is 0 Å². The quantitative estimate of drug-likeness (QED) is 0.402. The number of carbonyl (C=O) groups is 2. The van der Waals surface area contributed by atoms with Crippen molar-refractivity contribution in [3.05, 3.63) is 65.5 Å². The molecule has 2 aromatic heterocycles. The smallest absolute Gasteiger partial charge is 0.409 e. The minimum atomic E-state index is -0.407. The SMILES string of the molecule is COC(=O)c1ccc2c(c1)[nH]c1nc(Cc3ccccc3)nc(OCC3CCCN(C(=O)OC)C3)c12. The van der Waals surface area contributed by atoms with Gasteiger partial charge in [0.1, 0.15) is 11.5 Å². The summed E-state index contributed by atoms with van der Waals surface area (Å²) in [6, 6.07) is 15.3. The normalized spacial score (nSPS) is 15.7. The second-order valence-corrected chi connectivity index (χ2v) is 8.94. The molecule has 1 N–H and O–H groups in total. The average Bonchev–Trinajstić information content (AvgIpc) is 3.29. The molecule has 2 aromatic carbocycles. The molecule has 1 atom stereocenters. The minimum absolute atomic E-state index is 0.163. The van der Waals surface area contributed by atoms with Crippen molar-refractivity contribution in [2.24, 2.45) is 5.92 Å². The molecule has 4 aromatic rings. The van der Waals surface area contributed by atoms with Crippen LogP contribution in [0.5, 0.6) is 5.88 Å². The number of nitrogens with one attached hydrogen (secondary N) is 1. The molecule has 3 heterocycles. The Balaban J connectivity index is 1.49. The number of ether oxygens (including phenoxy) is 3. The van der Waals surface area contributed by atoms with Crippen molar-refractivity contribution in [3.8, 4) is 5.88 Å². The van der Waals surface area contributed by atoms with Gasteiger partial charge in [0.25, 0.3) is 0 Å². The van der Waals surface area contributed by atoms with E-state index in [1.54, 1.807) is 17.0 Å². The maximum atomic E-state index is 12.0. The fraction of sp³-hybridized carbons (Fsp3) is 0.333. The molecular formula is C27H28N4O5. The third kappa shape index (κ3) is 4.82. The zero-order valence-electron chi connectivity index (χ0n) is 20.3. The predicted octanol–water partition coefficient (Wildman–Crippen LogP) is 4.35. The summed E-state index contributed by atoms with van der Waals surface area (Å²) in [5.74, 6) is 0.869. The summed E-state index contributed by atoms with van der Waals surface area (Å²) in [4.78, 5) is 38.6. The molecule has 1 amide bonds. The molecule has 9 heteroatoms. The van der Waals surface area contributed by atoms with Gasteiger partial charge in [0.15, 0.2) is 0 Å². The Morgan fingerprint density at radius 2 is 1.92 bits per heavy atom. The number of rotatable bonds is 6. The van der Waals surface area contributed by atoms with E-state index in [1.165, 1.54) is 14.2 Å². The van der Waals surface area contributed by atoms with Crippen LogP contribution in [0, 0.1) is 5.92 Å². The number of amides is 1. The van der Waals surface area contributed by atoms with E-state index in [9.17, 15) is 9.59 Å². The topological polar surface area (TPSA) is 107 Å². The minimum Gasteiger partial charge on any atom is -0.477 e. The van der Waals surface area contributed by atoms with Gasteiger partial charge >= 0.3 is 12.1 Å². The average molecular weight is 489 g/mol. The first-order valence-corrected chi connectivity index (χ1v) is 12.0. The Morgan fingerprint density at radius 3 is 2.69 bits per heavy atom. The molecule has 1 unspecified atom stereocenters. The molecule has 0 saturated carbocycles. The molecule has 5 rings (SSSR count). The molecule has 1 aliphatic heterocycles. The summed E-state index contributed by atoms with van der Waals surface area (Å²) in [5, 5.41) is 1.62. The Hall–Kier alpha value is -4.14. The van der Waals surface area contributed by atoms with Gasteiger partial charge in [-0.3, -0.25) is 0 Å². The molecular weight excluding hydrogens is 460 g/mol. The maximum Gasteiger partial charge on any atom is 0.409 e. The van der Waals surface area contributed by atoms with E-state index in [-0.39, 0.29) is 12.0 Å². The number of aromatic amines is 1. The number of esters is 1.